The van der Waals surface area contributed by atoms with Crippen LogP contribution in [0.1, 0.15) is 66.2 Å². The number of hydrogen-bond donors (Lipinski definition) is 1. The normalized spacial score (nSPS) is 13.5. The lowest BCUT2D eigenvalue weighted by Gasteiger charge is -2.14. The molecule has 1 N–H and O–H groups in total. The smallest absolute Gasteiger partial charge is 0.00387 e. The van der Waals surface area contributed by atoms with Crippen molar-refractivity contribution in [2.24, 2.45) is 5.92 Å². The number of nitrogens with one attached hydrogen (secondary N) is 1. The first kappa shape index (κ1) is 14.0. The van der Waals surface area contributed by atoms with Gasteiger partial charge in [-0.15, -0.1) is 0 Å². The van der Waals surface area contributed by atoms with Gasteiger partial charge >= 0.3 is 0 Å². The van der Waals surface area contributed by atoms with Gasteiger partial charge in [0.2, 0.25) is 0 Å². The zero-order valence-electron chi connectivity index (χ0n) is 10.6. The molecule has 0 aromatic carbocycles. The van der Waals surface area contributed by atoms with Gasteiger partial charge in [-0.3, -0.25) is 0 Å². The van der Waals surface area contributed by atoms with Crippen molar-refractivity contribution in [1.82, 2.24) is 5.32 Å². The Bertz CT molecular complexity index is 110. The highest BCUT2D eigenvalue weighted by molar-refractivity contribution is 4.61. The van der Waals surface area contributed by atoms with Gasteiger partial charge in [-0.2, -0.15) is 0 Å². The number of hydrogen-bond acceptors (Lipinski definition) is 1. The SMILES string of the molecule is CCCCCNC(C)CCCC(C)C. The van der Waals surface area contributed by atoms with Gasteiger partial charge in [-0.05, 0) is 32.2 Å². The molecule has 0 fully saturated rings. The van der Waals surface area contributed by atoms with E-state index in [2.05, 4.69) is 33.0 Å². The zero-order chi connectivity index (χ0) is 10.8. The van der Waals surface area contributed by atoms with Crippen LogP contribution in [0.2, 0.25) is 0 Å². The van der Waals surface area contributed by atoms with Crippen LogP contribution in [0.15, 0.2) is 0 Å². The average Bonchev–Trinajstić information content (AvgIpc) is 2.12. The van der Waals surface area contributed by atoms with Crippen LogP contribution in [0.25, 0.3) is 0 Å². The van der Waals surface area contributed by atoms with Crippen LogP contribution in [0.5, 0.6) is 0 Å². The molecule has 1 nitrogen and oxygen atoms in total. The lowest BCUT2D eigenvalue weighted by molar-refractivity contribution is 0.452. The molecule has 1 atom stereocenters. The summed E-state index contributed by atoms with van der Waals surface area (Å²) in [7, 11) is 0. The third-order valence-electron chi connectivity index (χ3n) is 2.69. The summed E-state index contributed by atoms with van der Waals surface area (Å²) in [4.78, 5) is 0. The molecule has 0 aliphatic heterocycles. The van der Waals surface area contributed by atoms with Gasteiger partial charge in [-0.25, -0.2) is 0 Å². The van der Waals surface area contributed by atoms with Gasteiger partial charge < -0.3 is 5.32 Å². The predicted molar refractivity (Wildman–Crippen MR) is 65.7 cm³/mol. The first-order chi connectivity index (χ1) is 6.66. The average molecular weight is 199 g/mol. The van der Waals surface area contributed by atoms with E-state index in [1.165, 1.54) is 45.1 Å². The fourth-order valence-electron chi connectivity index (χ4n) is 1.66. The molecule has 1 unspecified atom stereocenters. The van der Waals surface area contributed by atoms with E-state index in [4.69, 9.17) is 0 Å². The van der Waals surface area contributed by atoms with Crippen LogP contribution in [-0.2, 0) is 0 Å². The molecule has 0 aromatic rings. The summed E-state index contributed by atoms with van der Waals surface area (Å²) < 4.78 is 0. The van der Waals surface area contributed by atoms with Crippen LogP contribution in [0.3, 0.4) is 0 Å². The Balaban J connectivity index is 3.15. The molecule has 0 aliphatic carbocycles. The van der Waals surface area contributed by atoms with Crippen LogP contribution < -0.4 is 5.32 Å². The van der Waals surface area contributed by atoms with Gasteiger partial charge in [0, 0.05) is 6.04 Å². The van der Waals surface area contributed by atoms with E-state index >= 15 is 0 Å². The van der Waals surface area contributed by atoms with Gasteiger partial charge in [0.15, 0.2) is 0 Å². The topological polar surface area (TPSA) is 12.0 Å². The van der Waals surface area contributed by atoms with Crippen LogP contribution in [-0.4, -0.2) is 12.6 Å². The van der Waals surface area contributed by atoms with Crippen molar-refractivity contribution in [3.63, 3.8) is 0 Å². The highest BCUT2D eigenvalue weighted by Crippen LogP contribution is 2.08. The Kier molecular flexibility index (Phi) is 9.49. The fourth-order valence-corrected chi connectivity index (χ4v) is 1.66. The van der Waals surface area contributed by atoms with Crippen LogP contribution in [0.4, 0.5) is 0 Å². The molecule has 0 heterocycles. The third-order valence-corrected chi connectivity index (χ3v) is 2.69. The van der Waals surface area contributed by atoms with Crippen molar-refractivity contribution < 1.29 is 0 Å². The van der Waals surface area contributed by atoms with Crippen molar-refractivity contribution in [3.8, 4) is 0 Å². The molecule has 86 valence electrons. The fraction of sp³-hybridized carbons (Fsp3) is 1.00. The van der Waals surface area contributed by atoms with Crippen molar-refractivity contribution in [3.05, 3.63) is 0 Å². The van der Waals surface area contributed by atoms with Gasteiger partial charge in [0.25, 0.3) is 0 Å². The molecule has 14 heavy (non-hydrogen) atoms. The van der Waals surface area contributed by atoms with Crippen LogP contribution in [0, 0.1) is 5.92 Å². The summed E-state index contributed by atoms with van der Waals surface area (Å²) in [6.45, 7) is 10.4. The number of unbranched alkanes of at least 4 members (excludes halogenated alkanes) is 2. The molecule has 0 spiro atoms. The highest BCUT2D eigenvalue weighted by Gasteiger charge is 2.01. The summed E-state index contributed by atoms with van der Waals surface area (Å²) >= 11 is 0. The second kappa shape index (κ2) is 9.51. The lowest BCUT2D eigenvalue weighted by atomic mass is 10.0. The second-order valence-electron chi connectivity index (χ2n) is 4.89. The van der Waals surface area contributed by atoms with E-state index in [1.807, 2.05) is 0 Å². The molecule has 0 saturated carbocycles. The number of rotatable bonds is 9. The maximum absolute atomic E-state index is 3.59. The van der Waals surface area contributed by atoms with Gasteiger partial charge in [-0.1, -0.05) is 46.5 Å². The van der Waals surface area contributed by atoms with E-state index in [0.717, 1.165) is 5.92 Å². The van der Waals surface area contributed by atoms with E-state index < -0.39 is 0 Å². The van der Waals surface area contributed by atoms with E-state index in [9.17, 15) is 0 Å². The molecule has 0 saturated heterocycles. The molecular formula is C13H29N. The molecule has 0 radical (unpaired) electrons. The molecule has 1 heteroatoms. The van der Waals surface area contributed by atoms with Crippen molar-refractivity contribution in [1.29, 1.82) is 0 Å². The van der Waals surface area contributed by atoms with Crippen molar-refractivity contribution >= 4 is 0 Å². The molecular weight excluding hydrogens is 170 g/mol. The Morgan fingerprint density at radius 1 is 0.929 bits per heavy atom. The Labute approximate surface area is 90.7 Å². The van der Waals surface area contributed by atoms with Crippen molar-refractivity contribution in [2.75, 3.05) is 6.54 Å². The van der Waals surface area contributed by atoms with Gasteiger partial charge in [0.1, 0.15) is 0 Å². The van der Waals surface area contributed by atoms with Gasteiger partial charge in [0.05, 0.1) is 0 Å². The first-order valence-electron chi connectivity index (χ1n) is 6.40. The predicted octanol–water partition coefficient (Wildman–Crippen LogP) is 3.98. The zero-order valence-corrected chi connectivity index (χ0v) is 10.6. The molecule has 0 aliphatic rings. The maximum Gasteiger partial charge on any atom is 0.00387 e. The van der Waals surface area contributed by atoms with E-state index in [1.54, 1.807) is 0 Å². The lowest BCUT2D eigenvalue weighted by Crippen LogP contribution is -2.26. The minimum Gasteiger partial charge on any atom is -0.314 e. The minimum atomic E-state index is 0.714. The second-order valence-corrected chi connectivity index (χ2v) is 4.89. The Hall–Kier alpha value is -0.0400. The summed E-state index contributed by atoms with van der Waals surface area (Å²) in [5, 5.41) is 3.59. The Morgan fingerprint density at radius 3 is 2.21 bits per heavy atom. The molecule has 0 amide bonds. The Morgan fingerprint density at radius 2 is 1.64 bits per heavy atom. The monoisotopic (exact) mass is 199 g/mol. The third kappa shape index (κ3) is 10.0. The molecule has 0 bridgehead atoms. The summed E-state index contributed by atoms with van der Waals surface area (Å²) in [6, 6.07) is 0.714. The molecule has 0 aromatic heterocycles. The van der Waals surface area contributed by atoms with Crippen molar-refractivity contribution in [2.45, 2.75) is 72.3 Å². The van der Waals surface area contributed by atoms with E-state index in [0.29, 0.717) is 6.04 Å². The highest BCUT2D eigenvalue weighted by atomic mass is 14.9. The molecule has 0 rings (SSSR count). The summed E-state index contributed by atoms with van der Waals surface area (Å²) in [5.74, 6) is 0.863. The standard InChI is InChI=1S/C13H29N/c1-5-6-7-11-14-13(4)10-8-9-12(2)3/h12-14H,5-11H2,1-4H3. The van der Waals surface area contributed by atoms with E-state index in [-0.39, 0.29) is 0 Å². The summed E-state index contributed by atoms with van der Waals surface area (Å²) in [5.41, 5.74) is 0. The maximum atomic E-state index is 3.59. The van der Waals surface area contributed by atoms with Crippen LogP contribution >= 0.6 is 0 Å². The largest absolute Gasteiger partial charge is 0.314 e. The minimum absolute atomic E-state index is 0.714. The quantitative estimate of drug-likeness (QED) is 0.554. The summed E-state index contributed by atoms with van der Waals surface area (Å²) in [6.07, 6.45) is 8.12. The first-order valence-corrected chi connectivity index (χ1v) is 6.40.